The fraction of sp³-hybridized carbons (Fsp3) is 0.300. The standard InChI is InChI=1S/C20H25N3O5S/c1-14-4-5-15(2)18(12-14)29(26,27)23-17-8-6-16(7-9-17)20(25)22-13-19(24)21-10-11-28-3/h4-9,12,23H,10-11,13H2,1-3H3,(H,21,24)(H,22,25). The lowest BCUT2D eigenvalue weighted by Crippen LogP contribution is -2.38. The van der Waals surface area contributed by atoms with Crippen LogP contribution in [0.5, 0.6) is 0 Å². The Balaban J connectivity index is 1.98. The molecule has 0 unspecified atom stereocenters. The first kappa shape index (κ1) is 22.4. The molecule has 0 radical (unpaired) electrons. The molecule has 0 saturated carbocycles. The normalized spacial score (nSPS) is 11.0. The van der Waals surface area contributed by atoms with Crippen molar-refractivity contribution < 1.29 is 22.7 Å². The van der Waals surface area contributed by atoms with E-state index in [0.717, 1.165) is 5.56 Å². The van der Waals surface area contributed by atoms with Crippen LogP contribution in [0.25, 0.3) is 0 Å². The van der Waals surface area contributed by atoms with Gasteiger partial charge in [-0.25, -0.2) is 8.42 Å². The van der Waals surface area contributed by atoms with Gasteiger partial charge >= 0.3 is 0 Å². The van der Waals surface area contributed by atoms with Gasteiger partial charge in [0.1, 0.15) is 0 Å². The number of benzene rings is 2. The summed E-state index contributed by atoms with van der Waals surface area (Å²) in [5.74, 6) is -0.760. The summed E-state index contributed by atoms with van der Waals surface area (Å²) in [5, 5.41) is 5.10. The largest absolute Gasteiger partial charge is 0.383 e. The fourth-order valence-electron chi connectivity index (χ4n) is 2.51. The zero-order valence-corrected chi connectivity index (χ0v) is 17.4. The minimum Gasteiger partial charge on any atom is -0.383 e. The Labute approximate surface area is 170 Å². The molecule has 156 valence electrons. The van der Waals surface area contributed by atoms with Crippen LogP contribution < -0.4 is 15.4 Å². The highest BCUT2D eigenvalue weighted by Crippen LogP contribution is 2.21. The summed E-state index contributed by atoms with van der Waals surface area (Å²) >= 11 is 0. The van der Waals surface area contributed by atoms with Gasteiger partial charge in [-0.05, 0) is 55.3 Å². The van der Waals surface area contributed by atoms with E-state index in [1.807, 2.05) is 13.0 Å². The van der Waals surface area contributed by atoms with Crippen LogP contribution in [0.1, 0.15) is 21.5 Å². The average Bonchev–Trinajstić information content (AvgIpc) is 2.68. The topological polar surface area (TPSA) is 114 Å². The number of anilines is 1. The molecule has 0 aliphatic rings. The van der Waals surface area contributed by atoms with Crippen molar-refractivity contribution in [2.75, 3.05) is 31.5 Å². The average molecular weight is 420 g/mol. The number of sulfonamides is 1. The second-order valence-electron chi connectivity index (χ2n) is 6.48. The molecule has 2 amide bonds. The molecule has 2 rings (SSSR count). The highest BCUT2D eigenvalue weighted by Gasteiger charge is 2.17. The van der Waals surface area contributed by atoms with Crippen LogP contribution in [0.4, 0.5) is 5.69 Å². The second-order valence-corrected chi connectivity index (χ2v) is 8.13. The predicted octanol–water partition coefficient (Wildman–Crippen LogP) is 1.60. The number of aryl methyl sites for hydroxylation is 2. The lowest BCUT2D eigenvalue weighted by Gasteiger charge is -2.12. The maximum Gasteiger partial charge on any atom is 0.262 e. The van der Waals surface area contributed by atoms with Gasteiger partial charge in [-0.15, -0.1) is 0 Å². The molecule has 0 aliphatic heterocycles. The number of amides is 2. The SMILES string of the molecule is COCCNC(=O)CNC(=O)c1ccc(NS(=O)(=O)c2cc(C)ccc2C)cc1. The van der Waals surface area contributed by atoms with Crippen LogP contribution >= 0.6 is 0 Å². The number of carbonyl (C=O) groups excluding carboxylic acids is 2. The number of methoxy groups -OCH3 is 1. The molecule has 29 heavy (non-hydrogen) atoms. The van der Waals surface area contributed by atoms with Crippen molar-refractivity contribution in [2.45, 2.75) is 18.7 Å². The third kappa shape index (κ3) is 6.58. The van der Waals surface area contributed by atoms with Crippen molar-refractivity contribution >= 4 is 27.5 Å². The van der Waals surface area contributed by atoms with Crippen molar-refractivity contribution in [1.29, 1.82) is 0 Å². The summed E-state index contributed by atoms with van der Waals surface area (Å²) in [4.78, 5) is 23.9. The van der Waals surface area contributed by atoms with Gasteiger partial charge in [0.05, 0.1) is 18.0 Å². The van der Waals surface area contributed by atoms with E-state index in [4.69, 9.17) is 4.74 Å². The molecule has 8 nitrogen and oxygen atoms in total. The summed E-state index contributed by atoms with van der Waals surface area (Å²) in [7, 11) is -2.22. The van der Waals surface area contributed by atoms with Crippen molar-refractivity contribution in [3.8, 4) is 0 Å². The molecular weight excluding hydrogens is 394 g/mol. The molecule has 3 N–H and O–H groups in total. The molecule has 2 aromatic carbocycles. The number of hydrogen-bond donors (Lipinski definition) is 3. The van der Waals surface area contributed by atoms with Crippen LogP contribution in [0.15, 0.2) is 47.4 Å². The van der Waals surface area contributed by atoms with Crippen molar-refractivity contribution in [2.24, 2.45) is 0 Å². The van der Waals surface area contributed by atoms with E-state index >= 15 is 0 Å². The van der Waals surface area contributed by atoms with Crippen LogP contribution in [-0.4, -0.2) is 47.0 Å². The number of carbonyl (C=O) groups is 2. The van der Waals surface area contributed by atoms with Gasteiger partial charge < -0.3 is 15.4 Å². The quantitative estimate of drug-likeness (QED) is 0.534. The molecule has 0 atom stereocenters. The van der Waals surface area contributed by atoms with E-state index in [2.05, 4.69) is 15.4 Å². The van der Waals surface area contributed by atoms with E-state index in [1.54, 1.807) is 19.1 Å². The predicted molar refractivity (Wildman–Crippen MR) is 110 cm³/mol. The number of nitrogens with one attached hydrogen (secondary N) is 3. The summed E-state index contributed by atoms with van der Waals surface area (Å²) in [6.45, 7) is 4.14. The van der Waals surface area contributed by atoms with Crippen LogP contribution in [0, 0.1) is 13.8 Å². The zero-order valence-electron chi connectivity index (χ0n) is 16.6. The Hall–Kier alpha value is -2.91. The molecule has 0 heterocycles. The third-order valence-corrected chi connectivity index (χ3v) is 5.59. The lowest BCUT2D eigenvalue weighted by atomic mass is 10.2. The molecule has 0 bridgehead atoms. The minimum absolute atomic E-state index is 0.163. The van der Waals surface area contributed by atoms with Gasteiger partial charge in [0.25, 0.3) is 15.9 Å². The smallest absolute Gasteiger partial charge is 0.262 e. The maximum atomic E-state index is 12.6. The monoisotopic (exact) mass is 419 g/mol. The number of hydrogen-bond acceptors (Lipinski definition) is 5. The highest BCUT2D eigenvalue weighted by molar-refractivity contribution is 7.92. The molecular formula is C20H25N3O5S. The Morgan fingerprint density at radius 3 is 2.34 bits per heavy atom. The number of ether oxygens (including phenoxy) is 1. The van der Waals surface area contributed by atoms with E-state index in [1.165, 1.54) is 31.4 Å². The fourth-order valence-corrected chi connectivity index (χ4v) is 3.90. The Morgan fingerprint density at radius 2 is 1.69 bits per heavy atom. The van der Waals surface area contributed by atoms with Gasteiger partial charge in [-0.3, -0.25) is 14.3 Å². The first-order valence-electron chi connectivity index (χ1n) is 8.97. The van der Waals surface area contributed by atoms with E-state index in [9.17, 15) is 18.0 Å². The van der Waals surface area contributed by atoms with E-state index in [-0.39, 0.29) is 17.3 Å². The molecule has 0 saturated heterocycles. The molecule has 0 aliphatic carbocycles. The third-order valence-electron chi connectivity index (χ3n) is 4.07. The maximum absolute atomic E-state index is 12.6. The number of rotatable bonds is 9. The van der Waals surface area contributed by atoms with Crippen molar-refractivity contribution in [3.63, 3.8) is 0 Å². The summed E-state index contributed by atoms with van der Waals surface area (Å²) < 4.78 is 32.6. The minimum atomic E-state index is -3.75. The lowest BCUT2D eigenvalue weighted by molar-refractivity contribution is -0.120. The summed E-state index contributed by atoms with van der Waals surface area (Å²) in [6.07, 6.45) is 0. The first-order chi connectivity index (χ1) is 13.7. The molecule has 0 fully saturated rings. The Morgan fingerprint density at radius 1 is 1.00 bits per heavy atom. The summed E-state index contributed by atoms with van der Waals surface area (Å²) in [5.41, 5.74) is 2.13. The first-order valence-corrected chi connectivity index (χ1v) is 10.4. The Kier molecular flexibility index (Phi) is 7.74. The van der Waals surface area contributed by atoms with Crippen LogP contribution in [-0.2, 0) is 19.6 Å². The van der Waals surface area contributed by atoms with Crippen LogP contribution in [0.2, 0.25) is 0 Å². The zero-order chi connectivity index (χ0) is 21.4. The summed E-state index contributed by atoms with van der Waals surface area (Å²) in [6, 6.07) is 11.2. The van der Waals surface area contributed by atoms with Crippen molar-refractivity contribution in [3.05, 3.63) is 59.2 Å². The van der Waals surface area contributed by atoms with E-state index in [0.29, 0.717) is 30.0 Å². The second kappa shape index (κ2) is 10.0. The Bertz CT molecular complexity index is 972. The van der Waals surface area contributed by atoms with Crippen LogP contribution in [0.3, 0.4) is 0 Å². The van der Waals surface area contributed by atoms with Crippen molar-refractivity contribution in [1.82, 2.24) is 10.6 Å². The molecule has 9 heteroatoms. The van der Waals surface area contributed by atoms with Gasteiger partial charge in [0, 0.05) is 24.9 Å². The van der Waals surface area contributed by atoms with E-state index < -0.39 is 15.9 Å². The van der Waals surface area contributed by atoms with Gasteiger partial charge in [0.2, 0.25) is 5.91 Å². The van der Waals surface area contributed by atoms with Gasteiger partial charge in [-0.2, -0.15) is 0 Å². The molecule has 0 aromatic heterocycles. The molecule has 0 spiro atoms. The highest BCUT2D eigenvalue weighted by atomic mass is 32.2. The molecule has 2 aromatic rings. The van der Waals surface area contributed by atoms with Gasteiger partial charge in [0.15, 0.2) is 0 Å². The van der Waals surface area contributed by atoms with Gasteiger partial charge in [-0.1, -0.05) is 12.1 Å².